The molecule has 0 saturated heterocycles. The van der Waals surface area contributed by atoms with Gasteiger partial charge < -0.3 is 9.15 Å². The van der Waals surface area contributed by atoms with Crippen LogP contribution in [0.4, 0.5) is 0 Å². The smallest absolute Gasteiger partial charge is 0.373 e. The molecule has 1 heterocycles. The molecule has 106 valence electrons. The average Bonchev–Trinajstić information content (AvgIpc) is 2.89. The number of methoxy groups -OCH3 is 1. The normalized spacial score (nSPS) is 10.8. The fourth-order valence-electron chi connectivity index (χ4n) is 1.90. The van der Waals surface area contributed by atoms with Gasteiger partial charge in [0.05, 0.1) is 13.7 Å². The van der Waals surface area contributed by atoms with Gasteiger partial charge in [-0.1, -0.05) is 23.7 Å². The predicted molar refractivity (Wildman–Crippen MR) is 76.7 cm³/mol. The number of carbonyl (C=O) groups is 1. The van der Waals surface area contributed by atoms with Gasteiger partial charge in [0.15, 0.2) is 0 Å². The van der Waals surface area contributed by atoms with E-state index in [-0.39, 0.29) is 5.76 Å². The third-order valence-corrected chi connectivity index (χ3v) is 3.09. The molecular formula is C15H16ClNO3. The summed E-state index contributed by atoms with van der Waals surface area (Å²) in [4.78, 5) is 13.4. The molecule has 0 N–H and O–H groups in total. The van der Waals surface area contributed by atoms with Crippen LogP contribution in [-0.2, 0) is 17.8 Å². The first kappa shape index (κ1) is 14.6. The van der Waals surface area contributed by atoms with Crippen molar-refractivity contribution in [2.24, 2.45) is 0 Å². The minimum Gasteiger partial charge on any atom is -0.463 e. The Kier molecular flexibility index (Phi) is 4.82. The Labute approximate surface area is 122 Å². The number of carbonyl (C=O) groups excluding carboxylic acids is 1. The molecule has 0 saturated carbocycles. The zero-order valence-electron chi connectivity index (χ0n) is 11.4. The monoisotopic (exact) mass is 293 g/mol. The first-order chi connectivity index (χ1) is 9.58. The van der Waals surface area contributed by atoms with E-state index in [0.29, 0.717) is 6.54 Å². The summed E-state index contributed by atoms with van der Waals surface area (Å²) in [5.74, 6) is 0.487. The Morgan fingerprint density at radius 2 is 1.90 bits per heavy atom. The molecule has 0 aliphatic heterocycles. The van der Waals surface area contributed by atoms with Gasteiger partial charge >= 0.3 is 5.97 Å². The Bertz CT molecular complexity index is 577. The van der Waals surface area contributed by atoms with Gasteiger partial charge in [0.1, 0.15) is 5.76 Å². The van der Waals surface area contributed by atoms with Crippen LogP contribution in [0.15, 0.2) is 40.8 Å². The molecule has 5 heteroatoms. The van der Waals surface area contributed by atoms with Crippen LogP contribution in [0.5, 0.6) is 0 Å². The first-order valence-corrected chi connectivity index (χ1v) is 6.56. The molecule has 0 unspecified atom stereocenters. The van der Waals surface area contributed by atoms with Gasteiger partial charge in [-0.2, -0.15) is 0 Å². The van der Waals surface area contributed by atoms with Crippen molar-refractivity contribution in [3.05, 3.63) is 58.5 Å². The summed E-state index contributed by atoms with van der Waals surface area (Å²) in [6.07, 6.45) is 0. The van der Waals surface area contributed by atoms with E-state index in [2.05, 4.69) is 9.64 Å². The second-order valence-electron chi connectivity index (χ2n) is 4.56. The zero-order chi connectivity index (χ0) is 14.5. The number of ether oxygens (including phenoxy) is 1. The van der Waals surface area contributed by atoms with Gasteiger partial charge in [0.25, 0.3) is 0 Å². The lowest BCUT2D eigenvalue weighted by atomic mass is 10.2. The number of furan rings is 1. The lowest BCUT2D eigenvalue weighted by molar-refractivity contribution is 0.0561. The summed E-state index contributed by atoms with van der Waals surface area (Å²) in [5, 5.41) is 0.727. The van der Waals surface area contributed by atoms with Crippen LogP contribution in [0.2, 0.25) is 5.02 Å². The molecule has 0 bridgehead atoms. The molecule has 1 aromatic heterocycles. The lowest BCUT2D eigenvalue weighted by Crippen LogP contribution is -2.16. The van der Waals surface area contributed by atoms with Crippen LogP contribution in [-0.4, -0.2) is 25.0 Å². The summed E-state index contributed by atoms with van der Waals surface area (Å²) in [5.41, 5.74) is 1.16. The maximum absolute atomic E-state index is 11.3. The van der Waals surface area contributed by atoms with Gasteiger partial charge in [0.2, 0.25) is 5.76 Å². The second-order valence-corrected chi connectivity index (χ2v) is 4.99. The summed E-state index contributed by atoms with van der Waals surface area (Å²) >= 11 is 5.85. The molecule has 20 heavy (non-hydrogen) atoms. The van der Waals surface area contributed by atoms with Crippen molar-refractivity contribution in [3.63, 3.8) is 0 Å². The summed E-state index contributed by atoms with van der Waals surface area (Å²) in [6, 6.07) is 11.1. The zero-order valence-corrected chi connectivity index (χ0v) is 12.2. The van der Waals surface area contributed by atoms with Gasteiger partial charge in [0, 0.05) is 11.6 Å². The van der Waals surface area contributed by atoms with Gasteiger partial charge in [-0.15, -0.1) is 0 Å². The highest BCUT2D eigenvalue weighted by Gasteiger charge is 2.12. The Morgan fingerprint density at radius 3 is 2.55 bits per heavy atom. The van der Waals surface area contributed by atoms with Crippen LogP contribution < -0.4 is 0 Å². The van der Waals surface area contributed by atoms with E-state index in [9.17, 15) is 4.79 Å². The Hall–Kier alpha value is -1.78. The molecule has 4 nitrogen and oxygen atoms in total. The van der Waals surface area contributed by atoms with E-state index in [4.69, 9.17) is 16.0 Å². The largest absolute Gasteiger partial charge is 0.463 e. The lowest BCUT2D eigenvalue weighted by Gasteiger charge is -2.15. The van der Waals surface area contributed by atoms with E-state index < -0.39 is 5.97 Å². The van der Waals surface area contributed by atoms with Crippen molar-refractivity contribution in [1.29, 1.82) is 0 Å². The Morgan fingerprint density at radius 1 is 1.20 bits per heavy atom. The SMILES string of the molecule is COC(=O)c1ccc(CN(C)Cc2ccc(Cl)cc2)o1. The summed E-state index contributed by atoms with van der Waals surface area (Å²) in [7, 11) is 3.31. The maximum atomic E-state index is 11.3. The maximum Gasteiger partial charge on any atom is 0.373 e. The van der Waals surface area contributed by atoms with Crippen molar-refractivity contribution in [1.82, 2.24) is 4.90 Å². The van der Waals surface area contributed by atoms with Crippen molar-refractivity contribution < 1.29 is 13.9 Å². The summed E-state index contributed by atoms with van der Waals surface area (Å²) in [6.45, 7) is 1.38. The van der Waals surface area contributed by atoms with Crippen molar-refractivity contribution in [3.8, 4) is 0 Å². The molecule has 0 amide bonds. The first-order valence-electron chi connectivity index (χ1n) is 6.18. The quantitative estimate of drug-likeness (QED) is 0.793. The molecule has 1 aromatic carbocycles. The number of esters is 1. The van der Waals surface area contributed by atoms with Crippen LogP contribution in [0, 0.1) is 0 Å². The molecule has 0 aliphatic carbocycles. The third-order valence-electron chi connectivity index (χ3n) is 2.84. The average molecular weight is 294 g/mol. The third kappa shape index (κ3) is 3.85. The minimum absolute atomic E-state index is 0.224. The number of halogens is 1. The van der Waals surface area contributed by atoms with Gasteiger partial charge in [-0.3, -0.25) is 4.90 Å². The topological polar surface area (TPSA) is 42.7 Å². The number of rotatable bonds is 5. The molecule has 0 spiro atoms. The van der Waals surface area contributed by atoms with E-state index in [1.807, 2.05) is 31.3 Å². The van der Waals surface area contributed by atoms with E-state index in [0.717, 1.165) is 22.9 Å². The minimum atomic E-state index is -0.461. The number of hydrogen-bond acceptors (Lipinski definition) is 4. The molecule has 2 rings (SSSR count). The fourth-order valence-corrected chi connectivity index (χ4v) is 2.02. The number of nitrogens with zero attached hydrogens (tertiary/aromatic N) is 1. The van der Waals surface area contributed by atoms with E-state index in [1.165, 1.54) is 7.11 Å². The fraction of sp³-hybridized carbons (Fsp3) is 0.267. The van der Waals surface area contributed by atoms with Crippen LogP contribution in [0.3, 0.4) is 0 Å². The standard InChI is InChI=1S/C15H16ClNO3/c1-17(9-11-3-5-12(16)6-4-11)10-13-7-8-14(20-13)15(18)19-2/h3-8H,9-10H2,1-2H3. The molecule has 0 aliphatic rings. The van der Waals surface area contributed by atoms with Crippen molar-refractivity contribution in [2.45, 2.75) is 13.1 Å². The molecule has 0 fully saturated rings. The molecule has 2 aromatic rings. The molecular weight excluding hydrogens is 278 g/mol. The number of hydrogen-bond donors (Lipinski definition) is 0. The van der Waals surface area contributed by atoms with E-state index in [1.54, 1.807) is 12.1 Å². The van der Waals surface area contributed by atoms with Crippen molar-refractivity contribution in [2.75, 3.05) is 14.2 Å². The van der Waals surface area contributed by atoms with Crippen LogP contribution in [0.1, 0.15) is 21.9 Å². The Balaban J connectivity index is 1.94. The highest BCUT2D eigenvalue weighted by Crippen LogP contribution is 2.14. The predicted octanol–water partition coefficient (Wildman–Crippen LogP) is 3.35. The van der Waals surface area contributed by atoms with Gasteiger partial charge in [-0.25, -0.2) is 4.79 Å². The molecule has 0 atom stereocenters. The van der Waals surface area contributed by atoms with E-state index >= 15 is 0 Å². The number of benzene rings is 1. The summed E-state index contributed by atoms with van der Waals surface area (Å²) < 4.78 is 10.0. The highest BCUT2D eigenvalue weighted by atomic mass is 35.5. The second kappa shape index (κ2) is 6.59. The van der Waals surface area contributed by atoms with Crippen LogP contribution >= 0.6 is 11.6 Å². The van der Waals surface area contributed by atoms with Crippen molar-refractivity contribution >= 4 is 17.6 Å². The van der Waals surface area contributed by atoms with Gasteiger partial charge in [-0.05, 0) is 36.9 Å². The highest BCUT2D eigenvalue weighted by molar-refractivity contribution is 6.30. The molecule has 0 radical (unpaired) electrons. The van der Waals surface area contributed by atoms with Crippen LogP contribution in [0.25, 0.3) is 0 Å².